The number of aliphatic hydroxyl groups is 1. The Kier molecular flexibility index (Phi) is 3.32. The molecule has 0 unspecified atom stereocenters. The van der Waals surface area contributed by atoms with Crippen molar-refractivity contribution in [2.75, 3.05) is 13.2 Å². The number of aryl methyl sites for hydroxylation is 1. The van der Waals surface area contributed by atoms with Crippen LogP contribution < -0.4 is 0 Å². The van der Waals surface area contributed by atoms with E-state index in [1.165, 1.54) is 5.06 Å². The van der Waals surface area contributed by atoms with Crippen molar-refractivity contribution in [3.63, 3.8) is 0 Å². The molecule has 2 bridgehead atoms. The standard InChI is InChI=1S/C16H18N4O3/c1-18-15-12(7-17-18)13-8-19(14(15)9-21)16(22)20(13)23-10-11-5-3-2-4-6-11/h2-7,13-14,21H,8-10H2,1H3/t13-,14-/m1/s1. The van der Waals surface area contributed by atoms with Gasteiger partial charge in [-0.3, -0.25) is 9.52 Å². The van der Waals surface area contributed by atoms with Crippen LogP contribution in [0.3, 0.4) is 0 Å². The fraction of sp³-hybridized carbons (Fsp3) is 0.375. The zero-order valence-corrected chi connectivity index (χ0v) is 12.8. The van der Waals surface area contributed by atoms with Crippen molar-refractivity contribution < 1.29 is 14.7 Å². The van der Waals surface area contributed by atoms with E-state index in [1.807, 2.05) is 37.4 Å². The van der Waals surface area contributed by atoms with Crippen LogP contribution in [-0.4, -0.2) is 44.0 Å². The number of carbonyl (C=O) groups is 1. The van der Waals surface area contributed by atoms with Crippen LogP contribution in [0.4, 0.5) is 4.79 Å². The summed E-state index contributed by atoms with van der Waals surface area (Å²) >= 11 is 0. The van der Waals surface area contributed by atoms with Crippen LogP contribution in [0.25, 0.3) is 0 Å². The molecule has 1 N–H and O–H groups in total. The number of hydrogen-bond donors (Lipinski definition) is 1. The number of hydrogen-bond acceptors (Lipinski definition) is 4. The van der Waals surface area contributed by atoms with Crippen molar-refractivity contribution in [2.24, 2.45) is 7.05 Å². The zero-order valence-electron chi connectivity index (χ0n) is 12.8. The number of nitrogens with zero attached hydrogens (tertiary/aromatic N) is 4. The highest BCUT2D eigenvalue weighted by atomic mass is 16.7. The van der Waals surface area contributed by atoms with Gasteiger partial charge < -0.3 is 10.0 Å². The van der Waals surface area contributed by atoms with Crippen molar-refractivity contribution in [3.8, 4) is 0 Å². The third-order valence-corrected chi connectivity index (χ3v) is 4.54. The largest absolute Gasteiger partial charge is 0.394 e. The van der Waals surface area contributed by atoms with E-state index in [9.17, 15) is 9.90 Å². The summed E-state index contributed by atoms with van der Waals surface area (Å²) in [6, 6.07) is 8.97. The Morgan fingerprint density at radius 1 is 1.35 bits per heavy atom. The van der Waals surface area contributed by atoms with E-state index in [-0.39, 0.29) is 24.7 Å². The van der Waals surface area contributed by atoms with Crippen LogP contribution in [0.15, 0.2) is 36.5 Å². The highest BCUT2D eigenvalue weighted by molar-refractivity contribution is 5.78. The highest BCUT2D eigenvalue weighted by Gasteiger charge is 2.50. The summed E-state index contributed by atoms with van der Waals surface area (Å²) in [5.74, 6) is 0. The topological polar surface area (TPSA) is 70.8 Å². The minimum atomic E-state index is -0.369. The van der Waals surface area contributed by atoms with Gasteiger partial charge in [-0.05, 0) is 5.56 Å². The summed E-state index contributed by atoms with van der Waals surface area (Å²) in [5.41, 5.74) is 2.83. The zero-order chi connectivity index (χ0) is 16.0. The maximum absolute atomic E-state index is 12.6. The Hall–Kier alpha value is -2.38. The van der Waals surface area contributed by atoms with E-state index in [1.54, 1.807) is 15.8 Å². The predicted molar refractivity (Wildman–Crippen MR) is 80.9 cm³/mol. The first kappa shape index (κ1) is 14.2. The molecule has 0 radical (unpaired) electrons. The van der Waals surface area contributed by atoms with Gasteiger partial charge in [0, 0.05) is 12.6 Å². The van der Waals surface area contributed by atoms with Gasteiger partial charge in [0.15, 0.2) is 0 Å². The molecule has 4 rings (SSSR count). The summed E-state index contributed by atoms with van der Waals surface area (Å²) < 4.78 is 1.73. The quantitative estimate of drug-likeness (QED) is 0.925. The Labute approximate surface area is 133 Å². The second kappa shape index (κ2) is 5.36. The lowest BCUT2D eigenvalue weighted by Gasteiger charge is -2.29. The maximum Gasteiger partial charge on any atom is 0.345 e. The van der Waals surface area contributed by atoms with Crippen LogP contribution in [0.2, 0.25) is 0 Å². The van der Waals surface area contributed by atoms with Crippen LogP contribution in [0.5, 0.6) is 0 Å². The van der Waals surface area contributed by atoms with Crippen molar-refractivity contribution in [1.29, 1.82) is 0 Å². The van der Waals surface area contributed by atoms with Gasteiger partial charge in [0.2, 0.25) is 0 Å². The van der Waals surface area contributed by atoms with E-state index < -0.39 is 0 Å². The Balaban J connectivity index is 1.62. The van der Waals surface area contributed by atoms with E-state index in [2.05, 4.69) is 5.10 Å². The summed E-state index contributed by atoms with van der Waals surface area (Å²) in [7, 11) is 1.83. The third kappa shape index (κ3) is 2.12. The molecular formula is C16H18N4O3. The molecule has 2 aromatic rings. The van der Waals surface area contributed by atoms with Crippen LogP contribution in [-0.2, 0) is 18.5 Å². The molecule has 7 heteroatoms. The SMILES string of the molecule is Cn1ncc2c1[C@@H](CO)N1C[C@H]2N(OCc2ccccc2)C1=O. The normalized spacial score (nSPS) is 22.6. The number of fused-ring (bicyclic) bond motifs is 4. The van der Waals surface area contributed by atoms with Gasteiger partial charge in [0.25, 0.3) is 0 Å². The number of hydroxylamine groups is 2. The summed E-state index contributed by atoms with van der Waals surface area (Å²) in [6.07, 6.45) is 1.76. The number of amides is 2. The molecule has 0 spiro atoms. The Morgan fingerprint density at radius 3 is 2.87 bits per heavy atom. The monoisotopic (exact) mass is 314 g/mol. The van der Waals surface area contributed by atoms with Gasteiger partial charge in [0.1, 0.15) is 12.6 Å². The molecule has 0 aliphatic carbocycles. The molecule has 1 fully saturated rings. The van der Waals surface area contributed by atoms with Gasteiger partial charge in [-0.1, -0.05) is 30.3 Å². The molecule has 7 nitrogen and oxygen atoms in total. The number of aromatic nitrogens is 2. The second-order valence-corrected chi connectivity index (χ2v) is 5.84. The minimum absolute atomic E-state index is 0.127. The summed E-state index contributed by atoms with van der Waals surface area (Å²) in [5, 5.41) is 15.4. The average molecular weight is 314 g/mol. The van der Waals surface area contributed by atoms with Crippen molar-refractivity contribution in [1.82, 2.24) is 19.7 Å². The molecule has 23 heavy (non-hydrogen) atoms. The van der Waals surface area contributed by atoms with Gasteiger partial charge in [-0.25, -0.2) is 4.79 Å². The Bertz CT molecular complexity index is 730. The fourth-order valence-electron chi connectivity index (χ4n) is 3.41. The molecule has 0 saturated carbocycles. The molecule has 3 heterocycles. The van der Waals surface area contributed by atoms with Crippen molar-refractivity contribution in [2.45, 2.75) is 18.7 Å². The van der Waals surface area contributed by atoms with Crippen molar-refractivity contribution in [3.05, 3.63) is 53.3 Å². The van der Waals surface area contributed by atoms with Gasteiger partial charge >= 0.3 is 6.03 Å². The molecule has 1 saturated heterocycles. The number of rotatable bonds is 4. The Morgan fingerprint density at radius 2 is 2.13 bits per heavy atom. The number of carbonyl (C=O) groups excluding carboxylic acids is 1. The first-order chi connectivity index (χ1) is 11.2. The lowest BCUT2D eigenvalue weighted by Crippen LogP contribution is -2.37. The molecule has 1 aromatic heterocycles. The van der Waals surface area contributed by atoms with Gasteiger partial charge in [0.05, 0.1) is 31.1 Å². The summed E-state index contributed by atoms with van der Waals surface area (Å²) in [6.45, 7) is 0.714. The lowest BCUT2D eigenvalue weighted by molar-refractivity contribution is -0.141. The molecule has 1 aromatic carbocycles. The van der Waals surface area contributed by atoms with Gasteiger partial charge in [-0.15, -0.1) is 0 Å². The smallest absolute Gasteiger partial charge is 0.345 e. The number of benzene rings is 1. The molecule has 2 atom stereocenters. The molecular weight excluding hydrogens is 296 g/mol. The second-order valence-electron chi connectivity index (χ2n) is 5.84. The van der Waals surface area contributed by atoms with E-state index in [0.717, 1.165) is 16.8 Å². The summed E-state index contributed by atoms with van der Waals surface area (Å²) in [4.78, 5) is 20.1. The minimum Gasteiger partial charge on any atom is -0.394 e. The molecule has 2 aliphatic heterocycles. The highest BCUT2D eigenvalue weighted by Crippen LogP contribution is 2.43. The third-order valence-electron chi connectivity index (χ3n) is 4.54. The van der Waals surface area contributed by atoms with Crippen LogP contribution >= 0.6 is 0 Å². The molecule has 2 aliphatic rings. The van der Waals surface area contributed by atoms with Gasteiger partial charge in [-0.2, -0.15) is 10.2 Å². The van der Waals surface area contributed by atoms with Crippen molar-refractivity contribution >= 4 is 6.03 Å². The number of aliphatic hydroxyl groups excluding tert-OH is 1. The maximum atomic E-state index is 12.6. The van der Waals surface area contributed by atoms with E-state index >= 15 is 0 Å². The van der Waals surface area contributed by atoms with Crippen LogP contribution in [0, 0.1) is 0 Å². The predicted octanol–water partition coefficient (Wildman–Crippen LogP) is 1.38. The number of urea groups is 1. The van der Waals surface area contributed by atoms with E-state index in [0.29, 0.717) is 13.2 Å². The molecule has 120 valence electrons. The first-order valence-electron chi connectivity index (χ1n) is 7.60. The first-order valence-corrected chi connectivity index (χ1v) is 7.60. The van der Waals surface area contributed by atoms with E-state index in [4.69, 9.17) is 4.84 Å². The fourth-order valence-corrected chi connectivity index (χ4v) is 3.41. The van der Waals surface area contributed by atoms with Crippen LogP contribution in [0.1, 0.15) is 28.9 Å². The lowest BCUT2D eigenvalue weighted by atomic mass is 9.98. The average Bonchev–Trinajstić information content (AvgIpc) is 3.09. The molecule has 2 amide bonds.